The number of ether oxygens (including phenoxy) is 1. The number of hydrogen-bond donors (Lipinski definition) is 1. The molecule has 0 radical (unpaired) electrons. The quantitative estimate of drug-likeness (QED) is 0.652. The van der Waals surface area contributed by atoms with Gasteiger partial charge < -0.3 is 19.5 Å². The minimum atomic E-state index is -0.269. The Labute approximate surface area is 159 Å². The number of nitrogens with one attached hydrogen (secondary N) is 1. The minimum absolute atomic E-state index is 0.00206. The zero-order valence-electron chi connectivity index (χ0n) is 15.0. The van der Waals surface area contributed by atoms with E-state index in [1.54, 1.807) is 25.8 Å². The highest BCUT2D eigenvalue weighted by atomic mass is 32.1. The second-order valence-electron chi connectivity index (χ2n) is 5.77. The lowest BCUT2D eigenvalue weighted by Gasteiger charge is -2.06. The van der Waals surface area contributed by atoms with Gasteiger partial charge in [-0.3, -0.25) is 9.59 Å². The van der Waals surface area contributed by atoms with E-state index in [0.29, 0.717) is 10.9 Å². The molecule has 1 N–H and O–H groups in total. The summed E-state index contributed by atoms with van der Waals surface area (Å²) in [4.78, 5) is 37.8. The molecule has 10 heteroatoms. The van der Waals surface area contributed by atoms with Crippen LogP contribution in [-0.2, 0) is 16.1 Å². The van der Waals surface area contributed by atoms with Crippen molar-refractivity contribution in [1.82, 2.24) is 19.4 Å². The zero-order valence-corrected chi connectivity index (χ0v) is 15.9. The predicted octanol–water partition coefficient (Wildman–Crippen LogP) is 1.93. The van der Waals surface area contributed by atoms with Crippen LogP contribution in [0.15, 0.2) is 35.7 Å². The van der Waals surface area contributed by atoms with Crippen molar-refractivity contribution in [2.45, 2.75) is 6.54 Å². The van der Waals surface area contributed by atoms with E-state index >= 15 is 0 Å². The number of hydrogen-bond acceptors (Lipinski definition) is 7. The van der Waals surface area contributed by atoms with Crippen LogP contribution >= 0.6 is 11.3 Å². The highest BCUT2D eigenvalue weighted by Crippen LogP contribution is 2.29. The van der Waals surface area contributed by atoms with Crippen LogP contribution < -0.4 is 10.1 Å². The van der Waals surface area contributed by atoms with E-state index in [4.69, 9.17) is 4.74 Å². The molecule has 1 aromatic carbocycles. The number of carbonyl (C=O) groups is 2. The van der Waals surface area contributed by atoms with Gasteiger partial charge in [-0.2, -0.15) is 0 Å². The molecule has 2 amide bonds. The van der Waals surface area contributed by atoms with Gasteiger partial charge in [0.2, 0.25) is 5.91 Å². The number of aliphatic imine (C=N–C) groups is 1. The van der Waals surface area contributed by atoms with E-state index in [1.807, 2.05) is 18.2 Å². The maximum absolute atomic E-state index is 12.3. The molecular formula is C17H18N6O3S. The number of thiazole rings is 1. The summed E-state index contributed by atoms with van der Waals surface area (Å²) in [6, 6.07) is 5.52. The largest absolute Gasteiger partial charge is 0.497 e. The number of aromatic nitrogens is 3. The first-order valence-corrected chi connectivity index (χ1v) is 8.78. The molecule has 0 aliphatic carbocycles. The van der Waals surface area contributed by atoms with E-state index in [1.165, 1.54) is 35.0 Å². The number of rotatable bonds is 6. The Morgan fingerprint density at radius 2 is 2.22 bits per heavy atom. The number of nitrogens with zero attached hydrogens (tertiary/aromatic N) is 5. The normalized spacial score (nSPS) is 11.1. The number of methoxy groups -OCH3 is 1. The minimum Gasteiger partial charge on any atom is -0.497 e. The molecule has 2 aromatic heterocycles. The topological polar surface area (TPSA) is 102 Å². The lowest BCUT2D eigenvalue weighted by molar-refractivity contribution is -0.121. The monoisotopic (exact) mass is 386 g/mol. The first-order valence-electron chi connectivity index (χ1n) is 7.96. The third-order valence-corrected chi connectivity index (χ3v) is 4.53. The SMILES string of the molecule is COc1ccc2nc(NC(=O)Cn3cncc3/N=C\C(=O)N(C)C)sc2c1. The molecule has 0 spiro atoms. The summed E-state index contributed by atoms with van der Waals surface area (Å²) < 4.78 is 7.65. The smallest absolute Gasteiger partial charge is 0.264 e. The highest BCUT2D eigenvalue weighted by Gasteiger charge is 2.11. The molecule has 0 fully saturated rings. The van der Waals surface area contributed by atoms with Gasteiger partial charge in [0.25, 0.3) is 5.91 Å². The molecule has 0 saturated heterocycles. The summed E-state index contributed by atoms with van der Waals surface area (Å²) in [7, 11) is 4.86. The fourth-order valence-corrected chi connectivity index (χ4v) is 3.09. The predicted molar refractivity (Wildman–Crippen MR) is 104 cm³/mol. The summed E-state index contributed by atoms with van der Waals surface area (Å²) in [5.74, 6) is 0.623. The Kier molecular flexibility index (Phi) is 5.46. The van der Waals surface area contributed by atoms with Gasteiger partial charge in [0.05, 0.1) is 36.1 Å². The van der Waals surface area contributed by atoms with Crippen molar-refractivity contribution >= 4 is 50.5 Å². The fourth-order valence-electron chi connectivity index (χ4n) is 2.18. The van der Waals surface area contributed by atoms with Crippen LogP contribution in [0.4, 0.5) is 10.9 Å². The number of benzene rings is 1. The lowest BCUT2D eigenvalue weighted by atomic mass is 10.3. The maximum atomic E-state index is 12.3. The zero-order chi connectivity index (χ0) is 19.4. The summed E-state index contributed by atoms with van der Waals surface area (Å²) in [6.07, 6.45) is 4.15. The third-order valence-electron chi connectivity index (χ3n) is 3.59. The standard InChI is InChI=1S/C17H18N6O3S/c1-22(2)16(25)8-19-14-7-18-10-23(14)9-15(24)21-17-20-12-5-4-11(26-3)6-13(12)27-17/h4-8,10H,9H2,1-3H3,(H,20,21,24)/b19-8-. The Morgan fingerprint density at radius 3 is 2.96 bits per heavy atom. The molecule has 0 aliphatic rings. The van der Waals surface area contributed by atoms with Gasteiger partial charge >= 0.3 is 0 Å². The Bertz CT molecular complexity index is 1010. The third kappa shape index (κ3) is 4.47. The molecule has 140 valence electrons. The lowest BCUT2D eigenvalue weighted by Crippen LogP contribution is -2.22. The molecule has 0 saturated carbocycles. The van der Waals surface area contributed by atoms with Crippen molar-refractivity contribution in [1.29, 1.82) is 0 Å². The van der Waals surface area contributed by atoms with Gasteiger partial charge in [0, 0.05) is 14.1 Å². The van der Waals surface area contributed by atoms with Crippen molar-refractivity contribution in [3.63, 3.8) is 0 Å². The van der Waals surface area contributed by atoms with E-state index in [2.05, 4.69) is 20.3 Å². The van der Waals surface area contributed by atoms with Crippen LogP contribution in [0.2, 0.25) is 0 Å². The van der Waals surface area contributed by atoms with Crippen molar-refractivity contribution in [2.75, 3.05) is 26.5 Å². The molecule has 0 unspecified atom stereocenters. The molecule has 0 bridgehead atoms. The second kappa shape index (κ2) is 7.96. The molecule has 0 aliphatic heterocycles. The highest BCUT2D eigenvalue weighted by molar-refractivity contribution is 7.22. The van der Waals surface area contributed by atoms with Crippen LogP contribution in [0.1, 0.15) is 0 Å². The summed E-state index contributed by atoms with van der Waals surface area (Å²) in [5.41, 5.74) is 0.784. The van der Waals surface area contributed by atoms with Crippen LogP contribution in [0.5, 0.6) is 5.75 Å². The van der Waals surface area contributed by atoms with Gasteiger partial charge in [-0.25, -0.2) is 15.0 Å². The van der Waals surface area contributed by atoms with Crippen molar-refractivity contribution in [3.05, 3.63) is 30.7 Å². The van der Waals surface area contributed by atoms with Crippen molar-refractivity contribution in [3.8, 4) is 5.75 Å². The van der Waals surface area contributed by atoms with Gasteiger partial charge in [0.1, 0.15) is 12.3 Å². The molecule has 3 aromatic rings. The molecule has 2 heterocycles. The van der Waals surface area contributed by atoms with Gasteiger partial charge in [-0.05, 0) is 18.2 Å². The van der Waals surface area contributed by atoms with E-state index in [-0.39, 0.29) is 18.4 Å². The maximum Gasteiger partial charge on any atom is 0.264 e. The van der Waals surface area contributed by atoms with Crippen molar-refractivity contribution in [2.24, 2.45) is 4.99 Å². The first-order chi connectivity index (χ1) is 13.0. The number of fused-ring (bicyclic) bond motifs is 1. The molecular weight excluding hydrogens is 368 g/mol. The van der Waals surface area contributed by atoms with Gasteiger partial charge in [-0.1, -0.05) is 11.3 Å². The summed E-state index contributed by atoms with van der Waals surface area (Å²) >= 11 is 1.36. The van der Waals surface area contributed by atoms with E-state index < -0.39 is 0 Å². The Hall–Kier alpha value is -3.27. The average Bonchev–Trinajstić information content (AvgIpc) is 3.24. The van der Waals surface area contributed by atoms with Gasteiger partial charge in [0.15, 0.2) is 10.9 Å². The average molecular weight is 386 g/mol. The summed E-state index contributed by atoms with van der Waals surface area (Å²) in [5, 5.41) is 3.27. The Morgan fingerprint density at radius 1 is 1.41 bits per heavy atom. The van der Waals surface area contributed by atoms with Crippen LogP contribution in [0.25, 0.3) is 10.2 Å². The summed E-state index contributed by atoms with van der Waals surface area (Å²) in [6.45, 7) is 0.00206. The van der Waals surface area contributed by atoms with E-state index in [9.17, 15) is 9.59 Å². The van der Waals surface area contributed by atoms with Crippen LogP contribution in [-0.4, -0.2) is 58.7 Å². The van der Waals surface area contributed by atoms with Crippen LogP contribution in [0.3, 0.4) is 0 Å². The molecule has 3 rings (SSSR count). The number of carbonyl (C=O) groups excluding carboxylic acids is 2. The number of anilines is 1. The molecule has 27 heavy (non-hydrogen) atoms. The fraction of sp³-hybridized carbons (Fsp3) is 0.235. The van der Waals surface area contributed by atoms with Gasteiger partial charge in [-0.15, -0.1) is 0 Å². The second-order valence-corrected chi connectivity index (χ2v) is 6.80. The first kappa shape index (κ1) is 18.5. The molecule has 0 atom stereocenters. The Balaban J connectivity index is 1.68. The molecule has 9 nitrogen and oxygen atoms in total. The number of amides is 2. The van der Waals surface area contributed by atoms with E-state index in [0.717, 1.165) is 16.0 Å². The van der Waals surface area contributed by atoms with Crippen LogP contribution in [0, 0.1) is 0 Å². The number of imidazole rings is 1. The van der Waals surface area contributed by atoms with Crippen molar-refractivity contribution < 1.29 is 14.3 Å².